The third-order valence-electron chi connectivity index (χ3n) is 4.77. The lowest BCUT2D eigenvalue weighted by atomic mass is 10.2. The highest BCUT2D eigenvalue weighted by molar-refractivity contribution is 7.89. The molecule has 2 fully saturated rings. The Morgan fingerprint density at radius 2 is 2.16 bits per heavy atom. The van der Waals surface area contributed by atoms with Crippen LogP contribution in [0.25, 0.3) is 0 Å². The van der Waals surface area contributed by atoms with Crippen LogP contribution in [0.3, 0.4) is 0 Å². The smallest absolute Gasteiger partial charge is 0.371 e. The predicted molar refractivity (Wildman–Crippen MR) is 87.5 cm³/mol. The first-order chi connectivity index (χ1) is 11.8. The first kappa shape index (κ1) is 17.9. The van der Waals surface area contributed by atoms with Crippen molar-refractivity contribution in [3.8, 4) is 0 Å². The highest BCUT2D eigenvalue weighted by Crippen LogP contribution is 2.35. The SMILES string of the molecule is CCCC1CC1NC(=O)C1CCCN1S(=O)(=O)c1ccc(C(=O)O)o1. The molecular formula is C16H22N2O6S. The van der Waals surface area contributed by atoms with Crippen molar-refractivity contribution in [3.63, 3.8) is 0 Å². The highest BCUT2D eigenvalue weighted by atomic mass is 32.2. The molecule has 3 unspecified atom stereocenters. The van der Waals surface area contributed by atoms with Gasteiger partial charge in [-0.1, -0.05) is 13.3 Å². The average molecular weight is 370 g/mol. The summed E-state index contributed by atoms with van der Waals surface area (Å²) < 4.78 is 31.5. The average Bonchev–Trinajstić information content (AvgIpc) is 3.03. The Bertz CT molecular complexity index is 771. The first-order valence-electron chi connectivity index (χ1n) is 8.50. The van der Waals surface area contributed by atoms with E-state index in [1.165, 1.54) is 0 Å². The lowest BCUT2D eigenvalue weighted by Crippen LogP contribution is -2.46. The molecule has 1 aromatic heterocycles. The second-order valence-electron chi connectivity index (χ2n) is 6.60. The fraction of sp³-hybridized carbons (Fsp3) is 0.625. The number of carbonyl (C=O) groups excluding carboxylic acids is 1. The van der Waals surface area contributed by atoms with E-state index >= 15 is 0 Å². The van der Waals surface area contributed by atoms with E-state index < -0.39 is 32.9 Å². The van der Waals surface area contributed by atoms with Crippen molar-refractivity contribution in [3.05, 3.63) is 17.9 Å². The van der Waals surface area contributed by atoms with Crippen LogP contribution in [0.15, 0.2) is 21.6 Å². The number of hydrogen-bond acceptors (Lipinski definition) is 5. The zero-order valence-electron chi connectivity index (χ0n) is 14.0. The number of amides is 1. The van der Waals surface area contributed by atoms with Crippen LogP contribution in [-0.2, 0) is 14.8 Å². The number of carboxylic acid groups (broad SMARTS) is 1. The Morgan fingerprint density at radius 3 is 2.80 bits per heavy atom. The minimum Gasteiger partial charge on any atom is -0.475 e. The molecule has 1 saturated heterocycles. The summed E-state index contributed by atoms with van der Waals surface area (Å²) in [7, 11) is -4.04. The number of nitrogens with zero attached hydrogens (tertiary/aromatic N) is 1. The normalized spacial score (nSPS) is 26.5. The van der Waals surface area contributed by atoms with E-state index in [0.29, 0.717) is 18.8 Å². The van der Waals surface area contributed by atoms with Gasteiger partial charge in [0.05, 0.1) is 0 Å². The molecular weight excluding hydrogens is 348 g/mol. The monoisotopic (exact) mass is 370 g/mol. The summed E-state index contributed by atoms with van der Waals surface area (Å²) in [5.74, 6) is -1.58. The lowest BCUT2D eigenvalue weighted by molar-refractivity contribution is -0.124. The van der Waals surface area contributed by atoms with E-state index in [1.54, 1.807) is 0 Å². The van der Waals surface area contributed by atoms with Crippen molar-refractivity contribution in [1.29, 1.82) is 0 Å². The molecule has 3 rings (SSSR count). The predicted octanol–water partition coefficient (Wildman–Crippen LogP) is 1.44. The summed E-state index contributed by atoms with van der Waals surface area (Å²) in [4.78, 5) is 23.4. The van der Waals surface area contributed by atoms with Gasteiger partial charge in [-0.3, -0.25) is 4.79 Å². The molecule has 0 aromatic carbocycles. The Hall–Kier alpha value is -1.87. The van der Waals surface area contributed by atoms with Gasteiger partial charge in [0, 0.05) is 12.6 Å². The van der Waals surface area contributed by atoms with Crippen LogP contribution in [0.1, 0.15) is 49.6 Å². The molecule has 1 aromatic rings. The fourth-order valence-electron chi connectivity index (χ4n) is 3.37. The summed E-state index contributed by atoms with van der Waals surface area (Å²) >= 11 is 0. The summed E-state index contributed by atoms with van der Waals surface area (Å²) in [6, 6.07) is 1.58. The van der Waals surface area contributed by atoms with Crippen LogP contribution < -0.4 is 5.32 Å². The molecule has 9 heteroatoms. The van der Waals surface area contributed by atoms with Crippen molar-refractivity contribution in [2.24, 2.45) is 5.92 Å². The van der Waals surface area contributed by atoms with Gasteiger partial charge in [-0.25, -0.2) is 13.2 Å². The number of nitrogens with one attached hydrogen (secondary N) is 1. The number of aromatic carboxylic acids is 1. The molecule has 0 spiro atoms. The van der Waals surface area contributed by atoms with Gasteiger partial charge in [0.1, 0.15) is 6.04 Å². The fourth-order valence-corrected chi connectivity index (χ4v) is 4.94. The molecule has 1 amide bonds. The van der Waals surface area contributed by atoms with Gasteiger partial charge in [-0.15, -0.1) is 0 Å². The number of rotatable bonds is 7. The van der Waals surface area contributed by atoms with Gasteiger partial charge in [-0.2, -0.15) is 4.31 Å². The van der Waals surface area contributed by atoms with Crippen molar-refractivity contribution in [2.45, 2.75) is 56.2 Å². The van der Waals surface area contributed by atoms with Crippen molar-refractivity contribution in [1.82, 2.24) is 9.62 Å². The molecule has 3 atom stereocenters. The molecule has 2 heterocycles. The molecule has 8 nitrogen and oxygen atoms in total. The number of sulfonamides is 1. The topological polar surface area (TPSA) is 117 Å². The zero-order valence-corrected chi connectivity index (χ0v) is 14.8. The van der Waals surface area contributed by atoms with Gasteiger partial charge in [0.15, 0.2) is 0 Å². The van der Waals surface area contributed by atoms with Gasteiger partial charge >= 0.3 is 5.97 Å². The minimum atomic E-state index is -4.04. The maximum absolute atomic E-state index is 12.7. The number of carbonyl (C=O) groups is 2. The lowest BCUT2D eigenvalue weighted by Gasteiger charge is -2.22. The summed E-state index contributed by atoms with van der Waals surface area (Å²) in [5.41, 5.74) is 0. The number of hydrogen-bond donors (Lipinski definition) is 2. The van der Waals surface area contributed by atoms with E-state index in [9.17, 15) is 18.0 Å². The summed E-state index contributed by atoms with van der Waals surface area (Å²) in [6.45, 7) is 2.31. The minimum absolute atomic E-state index is 0.139. The quantitative estimate of drug-likeness (QED) is 0.750. The molecule has 0 bridgehead atoms. The second kappa shape index (κ2) is 6.80. The van der Waals surface area contributed by atoms with Crippen LogP contribution in [0.5, 0.6) is 0 Å². The van der Waals surface area contributed by atoms with Crippen LogP contribution in [0.2, 0.25) is 0 Å². The molecule has 0 radical (unpaired) electrons. The van der Waals surface area contributed by atoms with Gasteiger partial charge in [0.2, 0.25) is 16.8 Å². The van der Waals surface area contributed by atoms with Crippen molar-refractivity contribution >= 4 is 21.9 Å². The van der Waals surface area contributed by atoms with E-state index in [1.807, 2.05) is 0 Å². The molecule has 1 saturated carbocycles. The molecule has 2 N–H and O–H groups in total. The Labute approximate surface area is 146 Å². The molecule has 2 aliphatic rings. The first-order valence-corrected chi connectivity index (χ1v) is 9.94. The molecule has 1 aliphatic carbocycles. The maximum Gasteiger partial charge on any atom is 0.371 e. The second-order valence-corrected chi connectivity index (χ2v) is 8.42. The molecule has 138 valence electrons. The van der Waals surface area contributed by atoms with Gasteiger partial charge in [0.25, 0.3) is 10.0 Å². The Morgan fingerprint density at radius 1 is 1.40 bits per heavy atom. The largest absolute Gasteiger partial charge is 0.475 e. The third kappa shape index (κ3) is 3.57. The van der Waals surface area contributed by atoms with Crippen LogP contribution in [0.4, 0.5) is 0 Å². The van der Waals surface area contributed by atoms with E-state index in [4.69, 9.17) is 9.52 Å². The third-order valence-corrected chi connectivity index (χ3v) is 6.55. The van der Waals surface area contributed by atoms with Crippen molar-refractivity contribution < 1.29 is 27.5 Å². The molecule has 1 aliphatic heterocycles. The maximum atomic E-state index is 12.7. The van der Waals surface area contributed by atoms with Gasteiger partial charge in [-0.05, 0) is 43.7 Å². The number of carboxylic acids is 1. The van der Waals surface area contributed by atoms with Crippen LogP contribution >= 0.6 is 0 Å². The van der Waals surface area contributed by atoms with Gasteiger partial charge < -0.3 is 14.8 Å². The summed E-state index contributed by atoms with van der Waals surface area (Å²) in [6.07, 6.45) is 4.09. The van der Waals surface area contributed by atoms with E-state index in [-0.39, 0.29) is 18.5 Å². The van der Waals surface area contributed by atoms with Crippen LogP contribution in [0, 0.1) is 5.92 Å². The van der Waals surface area contributed by atoms with E-state index in [0.717, 1.165) is 35.7 Å². The standard InChI is InChI=1S/C16H22N2O6S/c1-2-4-10-9-11(10)17-15(19)12-5-3-8-18(12)25(22,23)14-7-6-13(24-14)16(20)21/h6-7,10-12H,2-5,8-9H2,1H3,(H,17,19)(H,20,21). The summed E-state index contributed by atoms with van der Waals surface area (Å²) in [5, 5.41) is 11.4. The van der Waals surface area contributed by atoms with Crippen LogP contribution in [-0.4, -0.2) is 48.3 Å². The zero-order chi connectivity index (χ0) is 18.2. The van der Waals surface area contributed by atoms with Crippen molar-refractivity contribution in [2.75, 3.05) is 6.54 Å². The highest BCUT2D eigenvalue weighted by Gasteiger charge is 2.44. The van der Waals surface area contributed by atoms with E-state index in [2.05, 4.69) is 12.2 Å². The Kier molecular flexibility index (Phi) is 4.88. The number of furan rings is 1. The Balaban J connectivity index is 1.71. The molecule has 25 heavy (non-hydrogen) atoms.